The molecule has 1 saturated heterocycles. The van der Waals surface area contributed by atoms with Gasteiger partial charge in [0.2, 0.25) is 0 Å². The van der Waals surface area contributed by atoms with Gasteiger partial charge in [-0.2, -0.15) is 0 Å². The number of allylic oxidation sites excluding steroid dienone is 2. The Balaban J connectivity index is 1.92. The van der Waals surface area contributed by atoms with Gasteiger partial charge in [-0.3, -0.25) is 0 Å². The average molecular weight is 383 g/mol. The lowest BCUT2D eigenvalue weighted by atomic mass is 9.69. The standard InChI is InChI=1S/C12H10Cl6O/c1-9-3-5-4(2-6(9)19-9)10(15)7(13)8(14)11(5,16)12(10,17)18/h4-6H,2-3H2,1H3/t4-,5+,6-,9+,10+,11-/m0/s1. The van der Waals surface area contributed by atoms with E-state index in [4.69, 9.17) is 74.3 Å². The molecule has 0 aromatic carbocycles. The van der Waals surface area contributed by atoms with Crippen LogP contribution >= 0.6 is 69.6 Å². The van der Waals surface area contributed by atoms with E-state index < -0.39 is 14.1 Å². The first-order valence-electron chi connectivity index (χ1n) is 6.10. The van der Waals surface area contributed by atoms with Gasteiger partial charge in [0, 0.05) is 0 Å². The number of fused-ring (bicyclic) bond motifs is 6. The Hall–Kier alpha value is 1.44. The fourth-order valence-corrected chi connectivity index (χ4v) is 7.35. The van der Waals surface area contributed by atoms with Crippen molar-refractivity contribution in [2.75, 3.05) is 0 Å². The lowest BCUT2D eigenvalue weighted by Crippen LogP contribution is -2.44. The average Bonchev–Trinajstić information content (AvgIpc) is 2.96. The van der Waals surface area contributed by atoms with Crippen molar-refractivity contribution in [2.45, 2.75) is 45.6 Å². The van der Waals surface area contributed by atoms with Gasteiger partial charge in [-0.25, -0.2) is 0 Å². The summed E-state index contributed by atoms with van der Waals surface area (Å²) < 4.78 is 4.34. The summed E-state index contributed by atoms with van der Waals surface area (Å²) in [6, 6.07) is 0. The number of hydrogen-bond donors (Lipinski definition) is 0. The second-order valence-corrected chi connectivity index (χ2v) is 9.47. The molecule has 3 fully saturated rings. The van der Waals surface area contributed by atoms with E-state index in [2.05, 4.69) is 6.92 Å². The molecule has 7 heteroatoms. The predicted molar refractivity (Wildman–Crippen MR) is 79.8 cm³/mol. The summed E-state index contributed by atoms with van der Waals surface area (Å²) >= 11 is 39.2. The summed E-state index contributed by atoms with van der Waals surface area (Å²) in [5, 5.41) is 0.584. The van der Waals surface area contributed by atoms with E-state index in [1.165, 1.54) is 0 Å². The van der Waals surface area contributed by atoms with Gasteiger partial charge < -0.3 is 4.74 Å². The number of hydrogen-bond acceptors (Lipinski definition) is 1. The molecular weight excluding hydrogens is 373 g/mol. The lowest BCUT2D eigenvalue weighted by molar-refractivity contribution is 0.220. The molecule has 106 valence electrons. The first kappa shape index (κ1) is 14.1. The molecule has 1 nitrogen and oxygen atoms in total. The van der Waals surface area contributed by atoms with Crippen LogP contribution in [0.3, 0.4) is 0 Å². The van der Waals surface area contributed by atoms with E-state index in [9.17, 15) is 0 Å². The van der Waals surface area contributed by atoms with Crippen LogP contribution < -0.4 is 0 Å². The maximum absolute atomic E-state index is 6.76. The molecule has 19 heavy (non-hydrogen) atoms. The second-order valence-electron chi connectivity index (χ2n) is 6.20. The van der Waals surface area contributed by atoms with Gasteiger partial charge in [-0.05, 0) is 31.6 Å². The first-order valence-corrected chi connectivity index (χ1v) is 8.37. The van der Waals surface area contributed by atoms with Crippen molar-refractivity contribution in [2.24, 2.45) is 11.8 Å². The van der Waals surface area contributed by atoms with Crippen LogP contribution in [0, 0.1) is 11.8 Å². The Kier molecular flexibility index (Phi) is 2.59. The van der Waals surface area contributed by atoms with E-state index in [0.29, 0.717) is 10.1 Å². The molecule has 4 rings (SSSR count). The third kappa shape index (κ3) is 1.23. The van der Waals surface area contributed by atoms with Crippen LogP contribution in [0.1, 0.15) is 19.8 Å². The van der Waals surface area contributed by atoms with E-state index in [-0.39, 0.29) is 23.5 Å². The van der Waals surface area contributed by atoms with Crippen molar-refractivity contribution in [1.82, 2.24) is 0 Å². The van der Waals surface area contributed by atoms with E-state index in [0.717, 1.165) is 12.8 Å². The number of epoxide rings is 1. The molecular formula is C12H10Cl6O. The number of halogens is 6. The molecule has 0 unspecified atom stereocenters. The smallest absolute Gasteiger partial charge is 0.166 e. The molecule has 0 amide bonds. The Labute approximate surface area is 141 Å². The highest BCUT2D eigenvalue weighted by Gasteiger charge is 2.84. The molecule has 2 saturated carbocycles. The van der Waals surface area contributed by atoms with Crippen molar-refractivity contribution in [3.8, 4) is 0 Å². The quantitative estimate of drug-likeness (QED) is 0.423. The highest BCUT2D eigenvalue weighted by molar-refractivity contribution is 6.65. The summed E-state index contributed by atoms with van der Waals surface area (Å²) in [4.78, 5) is -2.24. The van der Waals surface area contributed by atoms with Gasteiger partial charge in [0.05, 0.1) is 21.8 Å². The van der Waals surface area contributed by atoms with E-state index in [1.54, 1.807) is 0 Å². The van der Waals surface area contributed by atoms with E-state index in [1.807, 2.05) is 0 Å². The lowest BCUT2D eigenvalue weighted by Gasteiger charge is -2.40. The number of ether oxygens (including phenoxy) is 1. The monoisotopic (exact) mass is 380 g/mol. The normalized spacial score (nSPS) is 61.1. The zero-order chi connectivity index (χ0) is 14.0. The molecule has 0 N–H and O–H groups in total. The number of alkyl halides is 4. The minimum atomic E-state index is -1.40. The molecule has 4 aliphatic rings. The van der Waals surface area contributed by atoms with Crippen molar-refractivity contribution in [3.05, 3.63) is 10.1 Å². The van der Waals surface area contributed by atoms with Gasteiger partial charge in [0.15, 0.2) is 4.33 Å². The Morgan fingerprint density at radius 3 is 2.11 bits per heavy atom. The SMILES string of the molecule is C[C@@]12C[C@@H]3[C@H](C[C@@H]1O2)[C@@]1(Cl)C(Cl)=C(Cl)[C@]3(Cl)C1(Cl)Cl. The highest BCUT2D eigenvalue weighted by Crippen LogP contribution is 2.80. The van der Waals surface area contributed by atoms with Gasteiger partial charge in [0.25, 0.3) is 0 Å². The zero-order valence-corrected chi connectivity index (χ0v) is 14.4. The minimum absolute atomic E-state index is 0.0164. The Bertz CT molecular complexity index is 532. The summed E-state index contributed by atoms with van der Waals surface area (Å²) in [5.74, 6) is -0.0438. The maximum Gasteiger partial charge on any atom is 0.166 e. The Morgan fingerprint density at radius 2 is 1.53 bits per heavy atom. The van der Waals surface area contributed by atoms with E-state index >= 15 is 0 Å². The Morgan fingerprint density at radius 1 is 1.00 bits per heavy atom. The summed E-state index contributed by atoms with van der Waals surface area (Å²) in [6.45, 7) is 2.07. The molecule has 0 aromatic rings. The third-order valence-corrected chi connectivity index (χ3v) is 9.73. The van der Waals surface area contributed by atoms with Crippen molar-refractivity contribution in [1.29, 1.82) is 0 Å². The van der Waals surface area contributed by atoms with Crippen LogP contribution in [-0.4, -0.2) is 25.8 Å². The maximum atomic E-state index is 6.76. The van der Waals surface area contributed by atoms with Crippen LogP contribution in [0.25, 0.3) is 0 Å². The molecule has 6 atom stereocenters. The van der Waals surface area contributed by atoms with Crippen molar-refractivity contribution in [3.63, 3.8) is 0 Å². The molecule has 0 aromatic heterocycles. The van der Waals surface area contributed by atoms with Crippen LogP contribution in [0.15, 0.2) is 10.1 Å². The minimum Gasteiger partial charge on any atom is -0.366 e. The molecule has 3 aliphatic carbocycles. The molecule has 1 aliphatic heterocycles. The number of rotatable bonds is 0. The topological polar surface area (TPSA) is 12.5 Å². The fourth-order valence-electron chi connectivity index (χ4n) is 4.25. The van der Waals surface area contributed by atoms with Crippen LogP contribution in [0.2, 0.25) is 0 Å². The summed E-state index contributed by atoms with van der Waals surface area (Å²) in [6.07, 6.45) is 1.71. The summed E-state index contributed by atoms with van der Waals surface area (Å²) in [5.41, 5.74) is -0.145. The third-order valence-electron chi connectivity index (χ3n) is 5.38. The van der Waals surface area contributed by atoms with Gasteiger partial charge in [-0.15, -0.1) is 23.2 Å². The molecule has 0 spiro atoms. The van der Waals surface area contributed by atoms with Gasteiger partial charge in [-0.1, -0.05) is 46.4 Å². The zero-order valence-electron chi connectivity index (χ0n) is 9.82. The van der Waals surface area contributed by atoms with Gasteiger partial charge in [0.1, 0.15) is 9.75 Å². The molecule has 2 bridgehead atoms. The van der Waals surface area contributed by atoms with Crippen LogP contribution in [0.5, 0.6) is 0 Å². The second kappa shape index (κ2) is 3.50. The molecule has 0 radical (unpaired) electrons. The van der Waals surface area contributed by atoms with Crippen molar-refractivity contribution < 1.29 is 4.74 Å². The predicted octanol–water partition coefficient (Wildman–Crippen LogP) is 5.02. The largest absolute Gasteiger partial charge is 0.366 e. The van der Waals surface area contributed by atoms with Crippen LogP contribution in [0.4, 0.5) is 0 Å². The molecule has 1 heterocycles. The van der Waals surface area contributed by atoms with Gasteiger partial charge >= 0.3 is 0 Å². The fraction of sp³-hybridized carbons (Fsp3) is 0.833. The first-order chi connectivity index (χ1) is 8.60. The highest BCUT2D eigenvalue weighted by atomic mass is 35.5. The van der Waals surface area contributed by atoms with Crippen molar-refractivity contribution >= 4 is 69.6 Å². The summed E-state index contributed by atoms with van der Waals surface area (Å²) in [7, 11) is 0. The van der Waals surface area contributed by atoms with Crippen LogP contribution in [-0.2, 0) is 4.74 Å².